The molecule has 0 heterocycles. The van der Waals surface area contributed by atoms with Crippen LogP contribution in [0, 0.1) is 12.7 Å². The van der Waals surface area contributed by atoms with E-state index in [0.29, 0.717) is 0 Å². The maximum Gasteiger partial charge on any atom is 0.123 e. The smallest absolute Gasteiger partial charge is 0.123 e. The van der Waals surface area contributed by atoms with Gasteiger partial charge in [0.1, 0.15) is 5.82 Å². The molecular formula is C15H22FN. The van der Waals surface area contributed by atoms with Crippen molar-refractivity contribution in [1.82, 2.24) is 0 Å². The number of hydrogen-bond donors (Lipinski definition) is 1. The van der Waals surface area contributed by atoms with Crippen molar-refractivity contribution >= 4 is 0 Å². The van der Waals surface area contributed by atoms with Gasteiger partial charge in [0.05, 0.1) is 0 Å². The molecule has 0 amide bonds. The summed E-state index contributed by atoms with van der Waals surface area (Å²) >= 11 is 0. The summed E-state index contributed by atoms with van der Waals surface area (Å²) in [7, 11) is 0. The van der Waals surface area contributed by atoms with Crippen LogP contribution < -0.4 is 5.73 Å². The summed E-state index contributed by atoms with van der Waals surface area (Å²) in [5.41, 5.74) is 8.11. The molecule has 0 aliphatic rings. The van der Waals surface area contributed by atoms with Crippen molar-refractivity contribution in [2.24, 2.45) is 5.73 Å². The van der Waals surface area contributed by atoms with Gasteiger partial charge >= 0.3 is 0 Å². The highest BCUT2D eigenvalue weighted by Gasteiger charge is 2.09. The molecule has 0 saturated carbocycles. The molecule has 1 aromatic rings. The summed E-state index contributed by atoms with van der Waals surface area (Å²) in [4.78, 5) is 0. The molecule has 0 saturated heterocycles. The highest BCUT2D eigenvalue weighted by atomic mass is 19.1. The number of nitrogens with two attached hydrogens (primary N) is 1. The van der Waals surface area contributed by atoms with E-state index in [1.54, 1.807) is 12.1 Å². The van der Waals surface area contributed by atoms with Crippen LogP contribution in [0.1, 0.15) is 49.3 Å². The van der Waals surface area contributed by atoms with E-state index in [1.165, 1.54) is 12.5 Å². The third-order valence-electron chi connectivity index (χ3n) is 3.06. The van der Waals surface area contributed by atoms with E-state index in [-0.39, 0.29) is 11.9 Å². The quantitative estimate of drug-likeness (QED) is 0.554. The standard InChI is InChI=1S/C15H22FN/c1-3-4-5-6-7-8-15(17)14-11-13(16)10-9-12(14)2/h3,9-11,15H,1,4-8,17H2,2H3. The summed E-state index contributed by atoms with van der Waals surface area (Å²) < 4.78 is 13.1. The third-order valence-corrected chi connectivity index (χ3v) is 3.06. The van der Waals surface area contributed by atoms with Crippen LogP contribution in [-0.4, -0.2) is 0 Å². The summed E-state index contributed by atoms with van der Waals surface area (Å²) in [6, 6.07) is 4.79. The molecular weight excluding hydrogens is 213 g/mol. The van der Waals surface area contributed by atoms with Crippen molar-refractivity contribution in [3.05, 3.63) is 47.8 Å². The first-order valence-corrected chi connectivity index (χ1v) is 6.27. The molecule has 1 atom stereocenters. The normalized spacial score (nSPS) is 12.4. The van der Waals surface area contributed by atoms with Crippen molar-refractivity contribution in [2.45, 2.75) is 45.1 Å². The Kier molecular flexibility index (Phi) is 5.92. The van der Waals surface area contributed by atoms with Gasteiger partial charge in [0.2, 0.25) is 0 Å². The maximum absolute atomic E-state index is 13.1. The minimum Gasteiger partial charge on any atom is -0.324 e. The average molecular weight is 235 g/mol. The van der Waals surface area contributed by atoms with E-state index >= 15 is 0 Å². The first-order chi connectivity index (χ1) is 8.15. The first-order valence-electron chi connectivity index (χ1n) is 6.27. The van der Waals surface area contributed by atoms with E-state index in [1.807, 2.05) is 13.0 Å². The van der Waals surface area contributed by atoms with Crippen molar-refractivity contribution < 1.29 is 4.39 Å². The molecule has 0 spiro atoms. The molecule has 1 nitrogen and oxygen atoms in total. The average Bonchev–Trinajstić information content (AvgIpc) is 2.32. The van der Waals surface area contributed by atoms with Crippen LogP contribution in [0.3, 0.4) is 0 Å². The number of hydrogen-bond acceptors (Lipinski definition) is 1. The topological polar surface area (TPSA) is 26.0 Å². The Balaban J connectivity index is 2.43. The maximum atomic E-state index is 13.1. The number of aryl methyl sites for hydroxylation is 1. The second-order valence-corrected chi connectivity index (χ2v) is 4.53. The van der Waals surface area contributed by atoms with Gasteiger partial charge in [0.15, 0.2) is 0 Å². The number of halogens is 1. The summed E-state index contributed by atoms with van der Waals surface area (Å²) in [6.45, 7) is 5.67. The van der Waals surface area contributed by atoms with Crippen molar-refractivity contribution in [3.8, 4) is 0 Å². The Bertz CT molecular complexity index is 360. The molecule has 0 aliphatic carbocycles. The monoisotopic (exact) mass is 235 g/mol. The minimum atomic E-state index is -0.201. The van der Waals surface area contributed by atoms with Gasteiger partial charge in [-0.1, -0.05) is 25.0 Å². The molecule has 0 bridgehead atoms. The molecule has 2 N–H and O–H groups in total. The van der Waals surface area contributed by atoms with Crippen LogP contribution in [0.4, 0.5) is 4.39 Å². The van der Waals surface area contributed by atoms with E-state index in [0.717, 1.165) is 36.8 Å². The van der Waals surface area contributed by atoms with Crippen molar-refractivity contribution in [3.63, 3.8) is 0 Å². The summed E-state index contributed by atoms with van der Waals surface area (Å²) in [5, 5.41) is 0. The Labute approximate surface area is 104 Å². The molecule has 1 rings (SSSR count). The SMILES string of the molecule is C=CCCCCCC(N)c1cc(F)ccc1C. The zero-order valence-corrected chi connectivity index (χ0v) is 10.6. The predicted molar refractivity (Wildman–Crippen MR) is 71.3 cm³/mol. The molecule has 2 heteroatoms. The first kappa shape index (κ1) is 13.9. The van der Waals surface area contributed by atoms with Crippen LogP contribution in [0.2, 0.25) is 0 Å². The molecule has 0 aliphatic heterocycles. The fraction of sp³-hybridized carbons (Fsp3) is 0.467. The lowest BCUT2D eigenvalue weighted by atomic mass is 9.97. The van der Waals surface area contributed by atoms with Gasteiger partial charge < -0.3 is 5.73 Å². The van der Waals surface area contributed by atoms with Crippen LogP contribution >= 0.6 is 0 Å². The lowest BCUT2D eigenvalue weighted by Gasteiger charge is -2.14. The van der Waals surface area contributed by atoms with Crippen LogP contribution in [0.15, 0.2) is 30.9 Å². The minimum absolute atomic E-state index is 0.0468. The summed E-state index contributed by atoms with van der Waals surface area (Å²) in [5.74, 6) is -0.201. The predicted octanol–water partition coefficient (Wildman–Crippen LogP) is 4.27. The molecule has 0 radical (unpaired) electrons. The number of benzene rings is 1. The lowest BCUT2D eigenvalue weighted by Crippen LogP contribution is -2.12. The second kappa shape index (κ2) is 7.23. The van der Waals surface area contributed by atoms with Crippen LogP contribution in [0.5, 0.6) is 0 Å². The zero-order chi connectivity index (χ0) is 12.7. The fourth-order valence-electron chi connectivity index (χ4n) is 2.00. The highest BCUT2D eigenvalue weighted by Crippen LogP contribution is 2.22. The summed E-state index contributed by atoms with van der Waals surface area (Å²) in [6.07, 6.45) is 7.34. The highest BCUT2D eigenvalue weighted by molar-refractivity contribution is 5.29. The molecule has 1 aromatic carbocycles. The van der Waals surface area contributed by atoms with Gasteiger partial charge in [-0.05, 0) is 49.4 Å². The molecule has 0 aromatic heterocycles. The van der Waals surface area contributed by atoms with Gasteiger partial charge in [-0.3, -0.25) is 0 Å². The van der Waals surface area contributed by atoms with E-state index in [9.17, 15) is 4.39 Å². The Hall–Kier alpha value is -1.15. The second-order valence-electron chi connectivity index (χ2n) is 4.53. The van der Waals surface area contributed by atoms with Crippen molar-refractivity contribution in [2.75, 3.05) is 0 Å². The third kappa shape index (κ3) is 4.70. The van der Waals surface area contributed by atoms with Crippen molar-refractivity contribution in [1.29, 1.82) is 0 Å². The van der Waals surface area contributed by atoms with E-state index in [4.69, 9.17) is 5.73 Å². The Morgan fingerprint density at radius 2 is 2.12 bits per heavy atom. The van der Waals surface area contributed by atoms with Gasteiger partial charge in [-0.2, -0.15) is 0 Å². The molecule has 0 fully saturated rings. The number of allylic oxidation sites excluding steroid dienone is 1. The largest absolute Gasteiger partial charge is 0.324 e. The lowest BCUT2D eigenvalue weighted by molar-refractivity contribution is 0.563. The number of unbranched alkanes of at least 4 members (excludes halogenated alkanes) is 3. The van der Waals surface area contributed by atoms with E-state index in [2.05, 4.69) is 6.58 Å². The van der Waals surface area contributed by atoms with Gasteiger partial charge in [-0.25, -0.2) is 4.39 Å². The molecule has 17 heavy (non-hydrogen) atoms. The Morgan fingerprint density at radius 1 is 1.35 bits per heavy atom. The van der Waals surface area contributed by atoms with Gasteiger partial charge in [-0.15, -0.1) is 6.58 Å². The van der Waals surface area contributed by atoms with E-state index < -0.39 is 0 Å². The van der Waals surface area contributed by atoms with Crippen LogP contribution in [0.25, 0.3) is 0 Å². The van der Waals surface area contributed by atoms with Gasteiger partial charge in [0.25, 0.3) is 0 Å². The number of rotatable bonds is 7. The van der Waals surface area contributed by atoms with Crippen LogP contribution in [-0.2, 0) is 0 Å². The molecule has 94 valence electrons. The van der Waals surface area contributed by atoms with Gasteiger partial charge in [0, 0.05) is 6.04 Å². The Morgan fingerprint density at radius 3 is 2.82 bits per heavy atom. The fourth-order valence-corrected chi connectivity index (χ4v) is 2.00. The molecule has 1 unspecified atom stereocenters. The zero-order valence-electron chi connectivity index (χ0n) is 10.6.